The van der Waals surface area contributed by atoms with Gasteiger partial charge in [-0.25, -0.2) is 8.78 Å². The van der Waals surface area contributed by atoms with Gasteiger partial charge in [-0.2, -0.15) is 0 Å². The SMILES string of the molecule is CC(=O)Nc1cc(NC(=O)C(C)Oc2ccc(F)cc2)ccc1F. The Morgan fingerprint density at radius 1 is 1.04 bits per heavy atom. The molecule has 0 radical (unpaired) electrons. The summed E-state index contributed by atoms with van der Waals surface area (Å²) in [7, 11) is 0. The van der Waals surface area contributed by atoms with Gasteiger partial charge in [0.1, 0.15) is 17.4 Å². The molecule has 0 aliphatic carbocycles. The first kappa shape index (κ1) is 17.4. The van der Waals surface area contributed by atoms with E-state index in [1.165, 1.54) is 50.2 Å². The smallest absolute Gasteiger partial charge is 0.265 e. The maximum Gasteiger partial charge on any atom is 0.265 e. The van der Waals surface area contributed by atoms with E-state index in [1.807, 2.05) is 0 Å². The summed E-state index contributed by atoms with van der Waals surface area (Å²) < 4.78 is 31.8. The molecule has 126 valence electrons. The number of carbonyl (C=O) groups excluding carboxylic acids is 2. The van der Waals surface area contributed by atoms with Gasteiger partial charge in [0.2, 0.25) is 5.91 Å². The largest absolute Gasteiger partial charge is 0.481 e. The number of anilines is 2. The van der Waals surface area contributed by atoms with Gasteiger partial charge < -0.3 is 15.4 Å². The van der Waals surface area contributed by atoms with Gasteiger partial charge in [-0.15, -0.1) is 0 Å². The Morgan fingerprint density at radius 2 is 1.71 bits per heavy atom. The van der Waals surface area contributed by atoms with E-state index in [0.717, 1.165) is 6.07 Å². The van der Waals surface area contributed by atoms with E-state index in [-0.39, 0.29) is 5.69 Å². The molecule has 2 N–H and O–H groups in total. The van der Waals surface area contributed by atoms with E-state index in [4.69, 9.17) is 4.74 Å². The van der Waals surface area contributed by atoms with Crippen molar-refractivity contribution in [3.8, 4) is 5.75 Å². The molecule has 0 fully saturated rings. The molecular formula is C17H16F2N2O3. The van der Waals surface area contributed by atoms with Gasteiger partial charge in [0.15, 0.2) is 6.10 Å². The third-order valence-electron chi connectivity index (χ3n) is 3.04. The van der Waals surface area contributed by atoms with Crippen LogP contribution < -0.4 is 15.4 Å². The zero-order valence-corrected chi connectivity index (χ0v) is 13.1. The molecule has 0 spiro atoms. The Kier molecular flexibility index (Phi) is 5.47. The molecule has 0 aliphatic rings. The highest BCUT2D eigenvalue weighted by molar-refractivity contribution is 5.95. The molecule has 1 unspecified atom stereocenters. The molecule has 0 aliphatic heterocycles. The summed E-state index contributed by atoms with van der Waals surface area (Å²) in [6.07, 6.45) is -0.857. The van der Waals surface area contributed by atoms with Gasteiger partial charge in [0.25, 0.3) is 5.91 Å². The van der Waals surface area contributed by atoms with Gasteiger partial charge >= 0.3 is 0 Å². The van der Waals surface area contributed by atoms with Crippen molar-refractivity contribution in [2.45, 2.75) is 20.0 Å². The van der Waals surface area contributed by atoms with Crippen molar-refractivity contribution in [1.29, 1.82) is 0 Å². The zero-order chi connectivity index (χ0) is 17.7. The number of benzene rings is 2. The number of rotatable bonds is 5. The fourth-order valence-electron chi connectivity index (χ4n) is 1.90. The molecule has 2 aromatic rings. The lowest BCUT2D eigenvalue weighted by Crippen LogP contribution is -2.30. The van der Waals surface area contributed by atoms with Gasteiger partial charge in [0, 0.05) is 12.6 Å². The van der Waals surface area contributed by atoms with Crippen LogP contribution in [0.3, 0.4) is 0 Å². The number of halogens is 2. The van der Waals surface area contributed by atoms with Gasteiger partial charge in [0.05, 0.1) is 5.69 Å². The van der Waals surface area contributed by atoms with Crippen LogP contribution in [0.25, 0.3) is 0 Å². The van der Waals surface area contributed by atoms with Crippen molar-refractivity contribution in [2.24, 2.45) is 0 Å². The minimum Gasteiger partial charge on any atom is -0.481 e. The monoisotopic (exact) mass is 334 g/mol. The van der Waals surface area contributed by atoms with E-state index in [0.29, 0.717) is 11.4 Å². The number of carbonyl (C=O) groups is 2. The summed E-state index contributed by atoms with van der Waals surface area (Å²) in [6.45, 7) is 2.78. The third-order valence-corrected chi connectivity index (χ3v) is 3.04. The molecule has 0 aromatic heterocycles. The minimum atomic E-state index is -0.857. The minimum absolute atomic E-state index is 0.0348. The summed E-state index contributed by atoms with van der Waals surface area (Å²) in [6, 6.07) is 9.06. The number of hydrogen-bond donors (Lipinski definition) is 2. The number of amides is 2. The van der Waals surface area contributed by atoms with Crippen LogP contribution in [0.5, 0.6) is 5.75 Å². The fraction of sp³-hybridized carbons (Fsp3) is 0.176. The van der Waals surface area contributed by atoms with E-state index in [1.54, 1.807) is 0 Å². The van der Waals surface area contributed by atoms with Crippen LogP contribution in [-0.2, 0) is 9.59 Å². The van der Waals surface area contributed by atoms with Crippen LogP contribution in [0, 0.1) is 11.6 Å². The lowest BCUT2D eigenvalue weighted by Gasteiger charge is -2.15. The maximum absolute atomic E-state index is 13.6. The highest BCUT2D eigenvalue weighted by Gasteiger charge is 2.16. The third kappa shape index (κ3) is 4.77. The van der Waals surface area contributed by atoms with Crippen molar-refractivity contribution >= 4 is 23.2 Å². The zero-order valence-electron chi connectivity index (χ0n) is 13.1. The lowest BCUT2D eigenvalue weighted by molar-refractivity contribution is -0.122. The quantitative estimate of drug-likeness (QED) is 0.881. The van der Waals surface area contributed by atoms with Crippen molar-refractivity contribution in [3.63, 3.8) is 0 Å². The van der Waals surface area contributed by atoms with Crippen LogP contribution in [0.2, 0.25) is 0 Å². The van der Waals surface area contributed by atoms with Crippen LogP contribution in [0.4, 0.5) is 20.2 Å². The van der Waals surface area contributed by atoms with Crippen molar-refractivity contribution in [2.75, 3.05) is 10.6 Å². The molecule has 0 saturated carbocycles. The van der Waals surface area contributed by atoms with E-state index in [2.05, 4.69) is 10.6 Å². The van der Waals surface area contributed by atoms with Crippen molar-refractivity contribution in [1.82, 2.24) is 0 Å². The fourth-order valence-corrected chi connectivity index (χ4v) is 1.90. The van der Waals surface area contributed by atoms with Crippen molar-refractivity contribution < 1.29 is 23.1 Å². The Hall–Kier alpha value is -2.96. The number of ether oxygens (including phenoxy) is 1. The lowest BCUT2D eigenvalue weighted by atomic mass is 10.2. The van der Waals surface area contributed by atoms with Crippen LogP contribution in [-0.4, -0.2) is 17.9 Å². The molecule has 2 aromatic carbocycles. The number of hydrogen-bond acceptors (Lipinski definition) is 3. The summed E-state index contributed by atoms with van der Waals surface area (Å²) in [4.78, 5) is 23.1. The molecule has 24 heavy (non-hydrogen) atoms. The average molecular weight is 334 g/mol. The maximum atomic E-state index is 13.6. The van der Waals surface area contributed by atoms with E-state index in [9.17, 15) is 18.4 Å². The van der Waals surface area contributed by atoms with Crippen molar-refractivity contribution in [3.05, 3.63) is 54.1 Å². The summed E-state index contributed by atoms with van der Waals surface area (Å²) in [5, 5.41) is 4.89. The number of nitrogens with one attached hydrogen (secondary N) is 2. The second-order valence-electron chi connectivity index (χ2n) is 5.08. The summed E-state index contributed by atoms with van der Waals surface area (Å²) in [5.74, 6) is -1.57. The Labute approximate surface area is 137 Å². The van der Waals surface area contributed by atoms with Crippen LogP contribution >= 0.6 is 0 Å². The van der Waals surface area contributed by atoms with Gasteiger partial charge in [-0.05, 0) is 49.4 Å². The van der Waals surface area contributed by atoms with Crippen LogP contribution in [0.15, 0.2) is 42.5 Å². The molecule has 1 atom stereocenters. The normalized spacial score (nSPS) is 11.5. The van der Waals surface area contributed by atoms with Crippen LogP contribution in [0.1, 0.15) is 13.8 Å². The first-order valence-corrected chi connectivity index (χ1v) is 7.15. The highest BCUT2D eigenvalue weighted by atomic mass is 19.1. The Morgan fingerprint density at radius 3 is 2.33 bits per heavy atom. The van der Waals surface area contributed by atoms with E-state index < -0.39 is 29.6 Å². The molecule has 2 amide bonds. The van der Waals surface area contributed by atoms with Gasteiger partial charge in [-0.3, -0.25) is 9.59 Å². The topological polar surface area (TPSA) is 67.4 Å². The molecule has 0 heterocycles. The average Bonchev–Trinajstić information content (AvgIpc) is 2.52. The summed E-state index contributed by atoms with van der Waals surface area (Å²) in [5.41, 5.74) is 0.270. The molecule has 7 heteroatoms. The predicted octanol–water partition coefficient (Wildman–Crippen LogP) is 3.33. The molecule has 2 rings (SSSR count). The standard InChI is InChI=1S/C17H16F2N2O3/c1-10(24-14-6-3-12(18)4-7-14)17(23)21-13-5-8-15(19)16(9-13)20-11(2)22/h3-10H,1-2H3,(H,20,22)(H,21,23). The molecule has 5 nitrogen and oxygen atoms in total. The molecule has 0 bridgehead atoms. The predicted molar refractivity (Wildman–Crippen MR) is 85.8 cm³/mol. The molecule has 0 saturated heterocycles. The Balaban J connectivity index is 2.03. The highest BCUT2D eigenvalue weighted by Crippen LogP contribution is 2.20. The first-order valence-electron chi connectivity index (χ1n) is 7.15. The van der Waals surface area contributed by atoms with E-state index >= 15 is 0 Å². The Bertz CT molecular complexity index is 748. The first-order chi connectivity index (χ1) is 11.3. The summed E-state index contributed by atoms with van der Waals surface area (Å²) >= 11 is 0. The molecular weight excluding hydrogens is 318 g/mol. The second kappa shape index (κ2) is 7.54. The van der Waals surface area contributed by atoms with Gasteiger partial charge in [-0.1, -0.05) is 0 Å². The second-order valence-corrected chi connectivity index (χ2v) is 5.08.